The number of ether oxygens (including phenoxy) is 1. The van der Waals surface area contributed by atoms with Gasteiger partial charge in [0.05, 0.1) is 23.7 Å². The van der Waals surface area contributed by atoms with Crippen molar-refractivity contribution in [1.29, 1.82) is 0 Å². The molecule has 0 fully saturated rings. The molecule has 0 aliphatic heterocycles. The van der Waals surface area contributed by atoms with Crippen molar-refractivity contribution in [3.05, 3.63) is 77.5 Å². The van der Waals surface area contributed by atoms with Crippen LogP contribution in [0.5, 0.6) is 5.75 Å². The van der Waals surface area contributed by atoms with Crippen molar-refractivity contribution in [3.8, 4) is 22.6 Å². The van der Waals surface area contributed by atoms with E-state index in [1.165, 1.54) is 18.3 Å². The first-order chi connectivity index (χ1) is 14.0. The van der Waals surface area contributed by atoms with E-state index in [1.54, 1.807) is 23.6 Å². The van der Waals surface area contributed by atoms with Crippen molar-refractivity contribution in [2.75, 3.05) is 6.61 Å². The molecule has 0 aliphatic carbocycles. The molecular formula is C22H16ClFN2O3. The molecule has 5 nitrogen and oxygen atoms in total. The third-order valence-electron chi connectivity index (χ3n) is 4.54. The number of pyridine rings is 1. The number of aromatic hydroxyl groups is 1. The van der Waals surface area contributed by atoms with Gasteiger partial charge >= 0.3 is 5.97 Å². The van der Waals surface area contributed by atoms with Gasteiger partial charge in [0, 0.05) is 11.3 Å². The molecule has 2 aromatic heterocycles. The number of fused-ring (bicyclic) bond motifs is 1. The number of rotatable bonds is 4. The van der Waals surface area contributed by atoms with Crippen LogP contribution in [0.15, 0.2) is 60.8 Å². The van der Waals surface area contributed by atoms with E-state index in [4.69, 9.17) is 16.3 Å². The van der Waals surface area contributed by atoms with Gasteiger partial charge in [0.2, 0.25) is 0 Å². The summed E-state index contributed by atoms with van der Waals surface area (Å²) in [6.07, 6.45) is 1.45. The molecule has 0 saturated carbocycles. The number of carbonyl (C=O) groups is 1. The van der Waals surface area contributed by atoms with E-state index in [0.29, 0.717) is 27.3 Å². The quantitative estimate of drug-likeness (QED) is 0.459. The van der Waals surface area contributed by atoms with Gasteiger partial charge in [-0.05, 0) is 36.8 Å². The summed E-state index contributed by atoms with van der Waals surface area (Å²) >= 11 is 6.74. The maximum Gasteiger partial charge on any atom is 0.360 e. The van der Waals surface area contributed by atoms with Crippen LogP contribution in [-0.4, -0.2) is 27.2 Å². The van der Waals surface area contributed by atoms with Crippen LogP contribution in [0.3, 0.4) is 0 Å². The van der Waals surface area contributed by atoms with Gasteiger partial charge in [-0.3, -0.25) is 4.57 Å². The minimum Gasteiger partial charge on any atom is -0.505 e. The second-order valence-electron chi connectivity index (χ2n) is 6.28. The van der Waals surface area contributed by atoms with Crippen molar-refractivity contribution in [3.63, 3.8) is 0 Å². The third-order valence-corrected chi connectivity index (χ3v) is 4.90. The first-order valence-corrected chi connectivity index (χ1v) is 9.31. The van der Waals surface area contributed by atoms with Crippen LogP contribution in [0.2, 0.25) is 5.15 Å². The number of hydrogen-bond donors (Lipinski definition) is 1. The first kappa shape index (κ1) is 19.0. The van der Waals surface area contributed by atoms with Crippen molar-refractivity contribution in [1.82, 2.24) is 9.55 Å². The summed E-state index contributed by atoms with van der Waals surface area (Å²) in [7, 11) is 0. The average molecular weight is 411 g/mol. The molecule has 0 saturated heterocycles. The zero-order valence-corrected chi connectivity index (χ0v) is 16.2. The van der Waals surface area contributed by atoms with E-state index < -0.39 is 5.97 Å². The minimum atomic E-state index is -0.725. The number of carbonyl (C=O) groups excluding carboxylic acids is 1. The molecule has 0 aliphatic rings. The average Bonchev–Trinajstić information content (AvgIpc) is 3.02. The van der Waals surface area contributed by atoms with Crippen LogP contribution in [0, 0.1) is 5.82 Å². The van der Waals surface area contributed by atoms with Crippen molar-refractivity contribution in [2.45, 2.75) is 6.92 Å². The third kappa shape index (κ3) is 3.21. The maximum atomic E-state index is 13.4. The Balaban J connectivity index is 2.08. The number of esters is 1. The van der Waals surface area contributed by atoms with E-state index in [0.717, 1.165) is 5.56 Å². The van der Waals surface area contributed by atoms with Gasteiger partial charge in [-0.25, -0.2) is 14.2 Å². The fourth-order valence-electron chi connectivity index (χ4n) is 3.29. The highest BCUT2D eigenvalue weighted by molar-refractivity contribution is 6.35. The number of benzene rings is 2. The monoisotopic (exact) mass is 410 g/mol. The molecule has 2 heterocycles. The first-order valence-electron chi connectivity index (χ1n) is 8.93. The summed E-state index contributed by atoms with van der Waals surface area (Å²) in [6, 6.07) is 15.0. The Morgan fingerprint density at radius 3 is 2.52 bits per heavy atom. The Bertz CT molecular complexity index is 1200. The summed E-state index contributed by atoms with van der Waals surface area (Å²) in [6.45, 7) is 1.83. The molecule has 0 amide bonds. The Morgan fingerprint density at radius 2 is 1.86 bits per heavy atom. The van der Waals surface area contributed by atoms with Crippen LogP contribution in [0.25, 0.3) is 27.7 Å². The Labute approximate surface area is 170 Å². The van der Waals surface area contributed by atoms with E-state index in [9.17, 15) is 14.3 Å². The molecule has 2 aromatic carbocycles. The van der Waals surface area contributed by atoms with Crippen LogP contribution < -0.4 is 0 Å². The van der Waals surface area contributed by atoms with Crippen LogP contribution in [0.4, 0.5) is 4.39 Å². The van der Waals surface area contributed by atoms with E-state index in [2.05, 4.69) is 4.98 Å². The van der Waals surface area contributed by atoms with Crippen LogP contribution >= 0.6 is 11.6 Å². The van der Waals surface area contributed by atoms with Crippen molar-refractivity contribution >= 4 is 28.5 Å². The van der Waals surface area contributed by atoms with Crippen LogP contribution in [-0.2, 0) is 4.74 Å². The summed E-state index contributed by atoms with van der Waals surface area (Å²) < 4.78 is 20.1. The minimum absolute atomic E-state index is 0.154. The number of hydrogen-bond acceptors (Lipinski definition) is 4. The molecular weight excluding hydrogens is 395 g/mol. The molecule has 29 heavy (non-hydrogen) atoms. The van der Waals surface area contributed by atoms with Crippen molar-refractivity contribution < 1.29 is 19.0 Å². The number of halogens is 2. The predicted octanol–water partition coefficient (Wildman–Crippen LogP) is 5.37. The molecule has 0 bridgehead atoms. The summed E-state index contributed by atoms with van der Waals surface area (Å²) in [4.78, 5) is 16.3. The number of aromatic nitrogens is 2. The highest BCUT2D eigenvalue weighted by Gasteiger charge is 2.26. The predicted molar refractivity (Wildman–Crippen MR) is 109 cm³/mol. The Hall–Kier alpha value is -3.38. The lowest BCUT2D eigenvalue weighted by molar-refractivity contribution is 0.0516. The van der Waals surface area contributed by atoms with Crippen LogP contribution in [0.1, 0.15) is 17.4 Å². The lowest BCUT2D eigenvalue weighted by Crippen LogP contribution is -2.07. The normalized spacial score (nSPS) is 11.0. The molecule has 0 atom stereocenters. The highest BCUT2D eigenvalue weighted by Crippen LogP contribution is 2.44. The smallest absolute Gasteiger partial charge is 0.360 e. The Morgan fingerprint density at radius 1 is 1.17 bits per heavy atom. The molecule has 4 rings (SSSR count). The lowest BCUT2D eigenvalue weighted by atomic mass is 10.0. The lowest BCUT2D eigenvalue weighted by Gasteiger charge is -2.08. The molecule has 4 aromatic rings. The molecule has 0 unspecified atom stereocenters. The summed E-state index contributed by atoms with van der Waals surface area (Å²) in [5.74, 6) is -1.42. The maximum absolute atomic E-state index is 13.4. The molecule has 0 spiro atoms. The largest absolute Gasteiger partial charge is 0.505 e. The van der Waals surface area contributed by atoms with Gasteiger partial charge in [0.1, 0.15) is 11.0 Å². The van der Waals surface area contributed by atoms with Gasteiger partial charge in [-0.1, -0.05) is 41.9 Å². The molecule has 146 valence electrons. The van der Waals surface area contributed by atoms with E-state index in [1.807, 2.05) is 30.3 Å². The number of nitrogens with zero attached hydrogens (tertiary/aromatic N) is 2. The SMILES string of the molecule is CCOC(=O)c1ncc2c(c1O)c(-c1ccccc1)c(Cl)n2-c1ccc(F)cc1. The Kier molecular flexibility index (Phi) is 4.94. The fourth-order valence-corrected chi connectivity index (χ4v) is 3.68. The standard InChI is InChI=1S/C22H16ClFN2O3/c1-2-29-22(28)19-20(27)18-16(12-25-19)26(15-10-8-14(24)9-11-15)21(23)17(18)13-6-4-3-5-7-13/h3-12,27H,2H2,1H3. The molecule has 7 heteroatoms. The van der Waals surface area contributed by atoms with Gasteiger partial charge in [-0.2, -0.15) is 0 Å². The van der Waals surface area contributed by atoms with Gasteiger partial charge in [-0.15, -0.1) is 0 Å². The van der Waals surface area contributed by atoms with Gasteiger partial charge in [0.15, 0.2) is 11.4 Å². The van der Waals surface area contributed by atoms with E-state index in [-0.39, 0.29) is 23.9 Å². The molecule has 1 N–H and O–H groups in total. The topological polar surface area (TPSA) is 64.3 Å². The van der Waals surface area contributed by atoms with Gasteiger partial charge in [0.25, 0.3) is 0 Å². The fraction of sp³-hybridized carbons (Fsp3) is 0.0909. The zero-order chi connectivity index (χ0) is 20.5. The summed E-state index contributed by atoms with van der Waals surface area (Å²) in [5, 5.41) is 11.6. The van der Waals surface area contributed by atoms with E-state index >= 15 is 0 Å². The second kappa shape index (κ2) is 7.56. The zero-order valence-electron chi connectivity index (χ0n) is 15.4. The second-order valence-corrected chi connectivity index (χ2v) is 6.64. The van der Waals surface area contributed by atoms with Crippen molar-refractivity contribution in [2.24, 2.45) is 0 Å². The van der Waals surface area contributed by atoms with Gasteiger partial charge < -0.3 is 9.84 Å². The highest BCUT2D eigenvalue weighted by atomic mass is 35.5. The molecule has 0 radical (unpaired) electrons. The summed E-state index contributed by atoms with van der Waals surface area (Å²) in [5.41, 5.74) is 2.17.